The van der Waals surface area contributed by atoms with Gasteiger partial charge in [0.1, 0.15) is 6.26 Å². The largest absolute Gasteiger partial charge is 0.431 e. The average Bonchev–Trinajstić information content (AvgIpc) is 2.34. The van der Waals surface area contributed by atoms with Gasteiger partial charge in [0, 0.05) is 0 Å². The number of rotatable bonds is 2. The zero-order valence-electron chi connectivity index (χ0n) is 5.90. The SMILES string of the molecule is NC(=O)Nc1nc(C(N)=O)co1. The number of hydrogen-bond donors (Lipinski definition) is 3. The van der Waals surface area contributed by atoms with E-state index in [2.05, 4.69) is 9.40 Å². The number of urea groups is 1. The van der Waals surface area contributed by atoms with Crippen molar-refractivity contribution in [1.82, 2.24) is 4.98 Å². The highest BCUT2D eigenvalue weighted by molar-refractivity contribution is 5.91. The molecule has 0 saturated carbocycles. The summed E-state index contributed by atoms with van der Waals surface area (Å²) in [6.07, 6.45) is 1.02. The highest BCUT2D eigenvalue weighted by Crippen LogP contribution is 2.05. The van der Waals surface area contributed by atoms with Gasteiger partial charge in [0.25, 0.3) is 5.91 Å². The molecule has 0 aromatic carbocycles. The lowest BCUT2D eigenvalue weighted by atomic mass is 10.5. The van der Waals surface area contributed by atoms with Gasteiger partial charge in [-0.2, -0.15) is 4.98 Å². The van der Waals surface area contributed by atoms with Crippen molar-refractivity contribution in [2.24, 2.45) is 11.5 Å². The predicted molar refractivity (Wildman–Crippen MR) is 38.2 cm³/mol. The molecule has 1 aromatic heterocycles. The Labute approximate surface area is 66.7 Å². The standard InChI is InChI=1S/C5H6N4O3/c6-3(10)2-1-12-5(8-2)9-4(7)11/h1H,(H2,6,10)(H3,7,8,9,11). The van der Waals surface area contributed by atoms with Gasteiger partial charge in [-0.1, -0.05) is 0 Å². The Balaban J connectivity index is 2.77. The van der Waals surface area contributed by atoms with Crippen LogP contribution in [0, 0.1) is 0 Å². The summed E-state index contributed by atoms with van der Waals surface area (Å²) in [4.78, 5) is 24.2. The number of anilines is 1. The van der Waals surface area contributed by atoms with Crippen LogP contribution in [0.1, 0.15) is 10.5 Å². The predicted octanol–water partition coefficient (Wildman–Crippen LogP) is -0.736. The lowest BCUT2D eigenvalue weighted by Crippen LogP contribution is -2.19. The zero-order valence-corrected chi connectivity index (χ0v) is 5.90. The van der Waals surface area contributed by atoms with Crippen LogP contribution in [0.4, 0.5) is 10.8 Å². The van der Waals surface area contributed by atoms with E-state index in [0.717, 1.165) is 6.26 Å². The highest BCUT2D eigenvalue weighted by Gasteiger charge is 2.08. The summed E-state index contributed by atoms with van der Waals surface area (Å²) in [5.41, 5.74) is 9.53. The second kappa shape index (κ2) is 2.91. The molecule has 0 atom stereocenters. The molecular formula is C5H6N4O3. The molecule has 1 rings (SSSR count). The van der Waals surface area contributed by atoms with Gasteiger partial charge in [-0.3, -0.25) is 10.1 Å². The molecule has 1 aromatic rings. The van der Waals surface area contributed by atoms with Crippen LogP contribution in [0.3, 0.4) is 0 Å². The van der Waals surface area contributed by atoms with Crippen molar-refractivity contribution in [2.45, 2.75) is 0 Å². The minimum atomic E-state index is -0.826. The lowest BCUT2D eigenvalue weighted by Gasteiger charge is -1.90. The molecule has 0 aliphatic heterocycles. The van der Waals surface area contributed by atoms with Crippen molar-refractivity contribution in [3.63, 3.8) is 0 Å². The Morgan fingerprint density at radius 1 is 1.50 bits per heavy atom. The number of hydrogen-bond acceptors (Lipinski definition) is 4. The Kier molecular flexibility index (Phi) is 1.95. The minimum absolute atomic E-state index is 0.0706. The first-order valence-electron chi connectivity index (χ1n) is 2.91. The van der Waals surface area contributed by atoms with Crippen LogP contribution in [0.15, 0.2) is 10.7 Å². The molecule has 0 aliphatic rings. The van der Waals surface area contributed by atoms with E-state index in [1.807, 2.05) is 5.32 Å². The van der Waals surface area contributed by atoms with E-state index in [-0.39, 0.29) is 11.7 Å². The number of nitrogens with two attached hydrogens (primary N) is 2. The Morgan fingerprint density at radius 3 is 2.58 bits per heavy atom. The number of oxazole rings is 1. The highest BCUT2D eigenvalue weighted by atomic mass is 16.4. The van der Waals surface area contributed by atoms with E-state index in [1.54, 1.807) is 0 Å². The molecule has 0 fully saturated rings. The molecule has 0 spiro atoms. The summed E-state index contributed by atoms with van der Waals surface area (Å²) < 4.78 is 4.61. The van der Waals surface area contributed by atoms with E-state index in [0.29, 0.717) is 0 Å². The summed E-state index contributed by atoms with van der Waals surface area (Å²) in [5.74, 6) is -0.740. The van der Waals surface area contributed by atoms with Crippen molar-refractivity contribution >= 4 is 18.0 Å². The molecule has 0 radical (unpaired) electrons. The third-order valence-electron chi connectivity index (χ3n) is 0.987. The van der Waals surface area contributed by atoms with Crippen LogP contribution in [0.2, 0.25) is 0 Å². The van der Waals surface area contributed by atoms with Gasteiger partial charge in [0.2, 0.25) is 0 Å². The van der Waals surface area contributed by atoms with E-state index in [4.69, 9.17) is 11.5 Å². The van der Waals surface area contributed by atoms with Gasteiger partial charge in [0.15, 0.2) is 5.69 Å². The molecule has 1 heterocycles. The van der Waals surface area contributed by atoms with E-state index in [1.165, 1.54) is 0 Å². The molecule has 0 saturated heterocycles. The fourth-order valence-electron chi connectivity index (χ4n) is 0.550. The van der Waals surface area contributed by atoms with Gasteiger partial charge in [-0.25, -0.2) is 4.79 Å². The molecule has 0 unspecified atom stereocenters. The number of carbonyl (C=O) groups excluding carboxylic acids is 2. The van der Waals surface area contributed by atoms with Crippen LogP contribution in [-0.4, -0.2) is 16.9 Å². The number of aromatic nitrogens is 1. The van der Waals surface area contributed by atoms with Crippen LogP contribution in [-0.2, 0) is 0 Å². The number of nitrogens with zero attached hydrogens (tertiary/aromatic N) is 1. The number of amides is 3. The van der Waals surface area contributed by atoms with E-state index in [9.17, 15) is 9.59 Å². The van der Waals surface area contributed by atoms with Gasteiger partial charge >= 0.3 is 12.0 Å². The van der Waals surface area contributed by atoms with Crippen LogP contribution in [0.25, 0.3) is 0 Å². The molecular weight excluding hydrogens is 164 g/mol. The van der Waals surface area contributed by atoms with Crippen molar-refractivity contribution in [2.75, 3.05) is 5.32 Å². The molecule has 12 heavy (non-hydrogen) atoms. The van der Waals surface area contributed by atoms with Gasteiger partial charge in [-0.05, 0) is 0 Å². The topological polar surface area (TPSA) is 124 Å². The third-order valence-corrected chi connectivity index (χ3v) is 0.987. The first kappa shape index (κ1) is 8.05. The van der Waals surface area contributed by atoms with Crippen molar-refractivity contribution in [3.05, 3.63) is 12.0 Å². The van der Waals surface area contributed by atoms with E-state index < -0.39 is 11.9 Å². The summed E-state index contributed by atoms with van der Waals surface area (Å²) in [6, 6.07) is -0.982. The molecule has 7 heteroatoms. The van der Waals surface area contributed by atoms with Crippen LogP contribution >= 0.6 is 0 Å². The quantitative estimate of drug-likeness (QED) is 0.540. The van der Waals surface area contributed by atoms with E-state index >= 15 is 0 Å². The fraction of sp³-hybridized carbons (Fsp3) is 0. The molecule has 5 N–H and O–H groups in total. The fourth-order valence-corrected chi connectivity index (χ4v) is 0.550. The van der Waals surface area contributed by atoms with Gasteiger partial charge in [0.05, 0.1) is 0 Å². The first-order valence-corrected chi connectivity index (χ1v) is 2.91. The monoisotopic (exact) mass is 170 g/mol. The zero-order chi connectivity index (χ0) is 9.14. The van der Waals surface area contributed by atoms with Gasteiger partial charge < -0.3 is 15.9 Å². The summed E-state index contributed by atoms with van der Waals surface area (Å²) in [6.45, 7) is 0. The Morgan fingerprint density at radius 2 is 2.17 bits per heavy atom. The minimum Gasteiger partial charge on any atom is -0.431 e. The maximum Gasteiger partial charge on any atom is 0.320 e. The number of primary amides is 2. The lowest BCUT2D eigenvalue weighted by molar-refractivity contribution is 0.0995. The molecule has 7 nitrogen and oxygen atoms in total. The molecule has 0 aliphatic carbocycles. The second-order valence-corrected chi connectivity index (χ2v) is 1.89. The van der Waals surface area contributed by atoms with Crippen molar-refractivity contribution in [3.8, 4) is 0 Å². The Hall–Kier alpha value is -2.05. The van der Waals surface area contributed by atoms with Crippen molar-refractivity contribution < 1.29 is 14.0 Å². The maximum atomic E-state index is 10.5. The maximum absolute atomic E-state index is 10.5. The smallest absolute Gasteiger partial charge is 0.320 e. The first-order chi connectivity index (χ1) is 5.59. The molecule has 0 bridgehead atoms. The summed E-state index contributed by atoms with van der Waals surface area (Å²) in [7, 11) is 0. The second-order valence-electron chi connectivity index (χ2n) is 1.89. The summed E-state index contributed by atoms with van der Waals surface area (Å²) >= 11 is 0. The number of nitrogens with one attached hydrogen (secondary N) is 1. The van der Waals surface area contributed by atoms with Gasteiger partial charge in [-0.15, -0.1) is 0 Å². The summed E-state index contributed by atoms with van der Waals surface area (Å²) in [5, 5.41) is 2.03. The number of carbonyl (C=O) groups is 2. The third kappa shape index (κ3) is 1.72. The molecule has 64 valence electrons. The van der Waals surface area contributed by atoms with Crippen molar-refractivity contribution in [1.29, 1.82) is 0 Å². The van der Waals surface area contributed by atoms with Crippen LogP contribution < -0.4 is 16.8 Å². The average molecular weight is 170 g/mol. The molecule has 3 amide bonds. The Bertz CT molecular complexity index is 318. The van der Waals surface area contributed by atoms with Crippen LogP contribution in [0.5, 0.6) is 0 Å². The normalized spacial score (nSPS) is 9.33.